The molecule has 2 aromatic carbocycles. The molecular weight excluding hydrogens is 644 g/mol. The average Bonchev–Trinajstić information content (AvgIpc) is 3.56. The summed E-state index contributed by atoms with van der Waals surface area (Å²) < 4.78 is 0. The molecule has 2 aliphatic rings. The van der Waals surface area contributed by atoms with E-state index in [0.717, 1.165) is 22.3 Å². The second-order valence-electron chi connectivity index (χ2n) is 13.6. The van der Waals surface area contributed by atoms with Crippen molar-refractivity contribution in [3.05, 3.63) is 113 Å². The molecule has 2 aromatic heterocycles. The third-order valence-electron chi connectivity index (χ3n) is 9.84. The molecule has 1 saturated heterocycles. The van der Waals surface area contributed by atoms with Crippen LogP contribution < -0.4 is 21.7 Å². The molecule has 6 rings (SSSR count). The zero-order valence-corrected chi connectivity index (χ0v) is 29.0. The summed E-state index contributed by atoms with van der Waals surface area (Å²) in [5.41, 5.74) is 9.97. The monoisotopic (exact) mass is 688 g/mol. The highest BCUT2D eigenvalue weighted by Gasteiger charge is 2.41. The van der Waals surface area contributed by atoms with Crippen LogP contribution in [0.5, 0.6) is 0 Å². The fourth-order valence-corrected chi connectivity index (χ4v) is 6.93. The van der Waals surface area contributed by atoms with Gasteiger partial charge in [0.05, 0.1) is 0 Å². The topological polar surface area (TPSA) is 163 Å². The molecule has 1 fully saturated rings. The van der Waals surface area contributed by atoms with Gasteiger partial charge >= 0.3 is 0 Å². The summed E-state index contributed by atoms with van der Waals surface area (Å²) in [5.74, 6) is -0.205. The van der Waals surface area contributed by atoms with Crippen LogP contribution >= 0.6 is 0 Å². The van der Waals surface area contributed by atoms with Crippen molar-refractivity contribution >= 4 is 41.0 Å². The van der Waals surface area contributed by atoms with Gasteiger partial charge in [0.1, 0.15) is 23.9 Å². The standard InChI is InChI=1S/C39H44N8O4/c1-39(15-18-46(19-16-39)37(50)32-10-7-11-33(40)44-32)38(51)47(24-28-9-4-3-8-27(28)23-41-2)25-35(48)43-31-14-13-26-20-30(21-29(26)22-31)36(49)45-34-12-5-6-17-42-34/h3-14,17,22,30,41H,15-16,18-21,23-25H2,1-2H3,(H2,40,44)(H,43,48)(H,42,45,49)/t30-/m1/s1. The van der Waals surface area contributed by atoms with Crippen molar-refractivity contribution in [2.45, 2.75) is 45.7 Å². The number of amides is 4. The highest BCUT2D eigenvalue weighted by atomic mass is 16.2. The van der Waals surface area contributed by atoms with Crippen molar-refractivity contribution in [3.63, 3.8) is 0 Å². The lowest BCUT2D eigenvalue weighted by Gasteiger charge is -2.41. The molecule has 51 heavy (non-hydrogen) atoms. The van der Waals surface area contributed by atoms with Crippen LogP contribution in [0.1, 0.15) is 52.5 Å². The van der Waals surface area contributed by atoms with Crippen LogP contribution in [0.3, 0.4) is 0 Å². The quantitative estimate of drug-likeness (QED) is 0.184. The van der Waals surface area contributed by atoms with Crippen molar-refractivity contribution in [2.75, 3.05) is 43.0 Å². The van der Waals surface area contributed by atoms with E-state index in [9.17, 15) is 19.2 Å². The number of hydrogen-bond acceptors (Lipinski definition) is 8. The molecule has 0 unspecified atom stereocenters. The number of rotatable bonds is 11. The number of likely N-dealkylation sites (tertiary alicyclic amines) is 1. The Morgan fingerprint density at radius 1 is 0.902 bits per heavy atom. The zero-order valence-electron chi connectivity index (χ0n) is 29.0. The molecule has 12 nitrogen and oxygen atoms in total. The summed E-state index contributed by atoms with van der Waals surface area (Å²) in [6.45, 7) is 3.40. The van der Waals surface area contributed by atoms with Gasteiger partial charge in [-0.05, 0) is 91.4 Å². The Kier molecular flexibility index (Phi) is 10.7. The van der Waals surface area contributed by atoms with Gasteiger partial charge < -0.3 is 31.5 Å². The molecule has 1 aliphatic heterocycles. The van der Waals surface area contributed by atoms with Gasteiger partial charge in [0.25, 0.3) is 5.91 Å². The first-order valence-electron chi connectivity index (χ1n) is 17.3. The number of hydrogen-bond donors (Lipinski definition) is 4. The number of carbonyl (C=O) groups is 4. The van der Waals surface area contributed by atoms with Gasteiger partial charge in [-0.3, -0.25) is 19.2 Å². The lowest BCUT2D eigenvalue weighted by atomic mass is 9.78. The Morgan fingerprint density at radius 3 is 2.37 bits per heavy atom. The molecule has 5 N–H and O–H groups in total. The molecule has 4 amide bonds. The highest BCUT2D eigenvalue weighted by molar-refractivity contribution is 5.96. The number of benzene rings is 2. The fraction of sp³-hybridized carbons (Fsp3) is 0.333. The third kappa shape index (κ3) is 8.41. The SMILES string of the molecule is CNCc1ccccc1CN(CC(=O)Nc1ccc2c(c1)C[C@H](C(=O)Nc1ccccn1)C2)C(=O)C1(C)CCN(C(=O)c2cccc(N)n2)CC1. The summed E-state index contributed by atoms with van der Waals surface area (Å²) >= 11 is 0. The molecule has 12 heteroatoms. The summed E-state index contributed by atoms with van der Waals surface area (Å²) in [5, 5.41) is 9.07. The summed E-state index contributed by atoms with van der Waals surface area (Å²) in [4.78, 5) is 65.9. The summed E-state index contributed by atoms with van der Waals surface area (Å²) in [6, 6.07) is 23.9. The lowest BCUT2D eigenvalue weighted by molar-refractivity contribution is -0.146. The van der Waals surface area contributed by atoms with Crippen LogP contribution in [0, 0.1) is 11.3 Å². The first kappa shape index (κ1) is 35.2. The van der Waals surface area contributed by atoms with E-state index in [4.69, 9.17) is 5.73 Å². The number of carbonyl (C=O) groups excluding carboxylic acids is 4. The normalized spacial score (nSPS) is 16.2. The van der Waals surface area contributed by atoms with Gasteiger partial charge in [0, 0.05) is 49.4 Å². The Hall–Kier alpha value is -5.62. The van der Waals surface area contributed by atoms with E-state index >= 15 is 0 Å². The Balaban J connectivity index is 1.14. The van der Waals surface area contributed by atoms with Crippen molar-refractivity contribution in [3.8, 4) is 0 Å². The van der Waals surface area contributed by atoms with E-state index in [1.165, 1.54) is 0 Å². The van der Waals surface area contributed by atoms with E-state index in [1.807, 2.05) is 62.5 Å². The summed E-state index contributed by atoms with van der Waals surface area (Å²) in [6.07, 6.45) is 3.67. The summed E-state index contributed by atoms with van der Waals surface area (Å²) in [7, 11) is 1.87. The highest BCUT2D eigenvalue weighted by Crippen LogP contribution is 2.35. The maximum absolute atomic E-state index is 14.4. The van der Waals surface area contributed by atoms with Crippen LogP contribution in [0.2, 0.25) is 0 Å². The van der Waals surface area contributed by atoms with Crippen molar-refractivity contribution in [2.24, 2.45) is 11.3 Å². The van der Waals surface area contributed by atoms with Crippen LogP contribution in [0.15, 0.2) is 85.1 Å². The van der Waals surface area contributed by atoms with Crippen LogP contribution in [-0.2, 0) is 40.3 Å². The molecule has 0 radical (unpaired) electrons. The van der Waals surface area contributed by atoms with E-state index < -0.39 is 5.41 Å². The van der Waals surface area contributed by atoms with Gasteiger partial charge in [-0.25, -0.2) is 9.97 Å². The van der Waals surface area contributed by atoms with E-state index in [1.54, 1.807) is 46.3 Å². The molecule has 0 spiro atoms. The zero-order chi connectivity index (χ0) is 36.0. The first-order chi connectivity index (χ1) is 24.6. The molecule has 264 valence electrons. The number of nitrogens with one attached hydrogen (secondary N) is 3. The second kappa shape index (κ2) is 15.5. The average molecular weight is 689 g/mol. The van der Waals surface area contributed by atoms with Gasteiger partial charge in [-0.15, -0.1) is 0 Å². The van der Waals surface area contributed by atoms with Gasteiger partial charge in [0.2, 0.25) is 17.7 Å². The van der Waals surface area contributed by atoms with Gasteiger partial charge in [-0.1, -0.05) is 49.4 Å². The number of nitrogens with zero attached hydrogens (tertiary/aromatic N) is 4. The number of pyridine rings is 2. The number of anilines is 3. The molecule has 0 bridgehead atoms. The molecule has 1 atom stereocenters. The number of fused-ring (bicyclic) bond motifs is 1. The lowest BCUT2D eigenvalue weighted by Crippen LogP contribution is -2.51. The Bertz CT molecular complexity index is 1910. The van der Waals surface area contributed by atoms with Crippen molar-refractivity contribution in [1.29, 1.82) is 0 Å². The molecular formula is C39H44N8O4. The Morgan fingerprint density at radius 2 is 1.65 bits per heavy atom. The number of aromatic nitrogens is 2. The van der Waals surface area contributed by atoms with E-state index in [2.05, 4.69) is 25.9 Å². The first-order valence-corrected chi connectivity index (χ1v) is 17.3. The minimum absolute atomic E-state index is 0.0895. The predicted octanol–water partition coefficient (Wildman–Crippen LogP) is 4.04. The fourth-order valence-electron chi connectivity index (χ4n) is 6.93. The molecule has 1 aliphatic carbocycles. The molecule has 3 heterocycles. The van der Waals surface area contributed by atoms with Crippen LogP contribution in [0.25, 0.3) is 0 Å². The second-order valence-corrected chi connectivity index (χ2v) is 13.6. The number of nitrogens with two attached hydrogens (primary N) is 1. The maximum atomic E-state index is 14.4. The largest absolute Gasteiger partial charge is 0.384 e. The molecule has 4 aromatic rings. The minimum atomic E-state index is -0.781. The molecule has 0 saturated carbocycles. The third-order valence-corrected chi connectivity index (χ3v) is 9.84. The van der Waals surface area contributed by atoms with Gasteiger partial charge in [0.15, 0.2) is 0 Å². The van der Waals surface area contributed by atoms with Crippen LogP contribution in [0.4, 0.5) is 17.3 Å². The minimum Gasteiger partial charge on any atom is -0.384 e. The van der Waals surface area contributed by atoms with E-state index in [-0.39, 0.29) is 54.1 Å². The number of piperidine rings is 1. The van der Waals surface area contributed by atoms with E-state index in [0.29, 0.717) is 56.8 Å². The van der Waals surface area contributed by atoms with Crippen LogP contribution in [-0.4, -0.2) is 70.1 Å². The smallest absolute Gasteiger partial charge is 0.272 e. The Labute approximate surface area is 297 Å². The van der Waals surface area contributed by atoms with Crippen molar-refractivity contribution < 1.29 is 19.2 Å². The predicted molar refractivity (Wildman–Crippen MR) is 195 cm³/mol. The van der Waals surface area contributed by atoms with Crippen molar-refractivity contribution in [1.82, 2.24) is 25.1 Å². The van der Waals surface area contributed by atoms with Gasteiger partial charge in [-0.2, -0.15) is 0 Å². The number of nitrogen functional groups attached to an aromatic ring is 1. The maximum Gasteiger partial charge on any atom is 0.272 e.